The standard InChI is InChI=1S/C14H22N2O4/c1-14(2)13(20)15-9-5-3-4-6-10(9)16(14)11(17)7-8-12(18)19/h9-10H,3-8H2,1-2H3,(H,15,20)(H,18,19)/p-1/t9-,10+/m0/s1. The average Bonchev–Trinajstić information content (AvgIpc) is 2.37. The van der Waals surface area contributed by atoms with Gasteiger partial charge in [-0.3, -0.25) is 9.59 Å². The number of nitrogens with one attached hydrogen (secondary N) is 1. The van der Waals surface area contributed by atoms with E-state index in [2.05, 4.69) is 5.32 Å². The Morgan fingerprint density at radius 3 is 2.60 bits per heavy atom. The van der Waals surface area contributed by atoms with Crippen LogP contribution in [-0.2, 0) is 14.4 Å². The number of carboxylic acids is 1. The third-order valence-electron chi connectivity index (χ3n) is 4.35. The summed E-state index contributed by atoms with van der Waals surface area (Å²) in [5.74, 6) is -1.67. The van der Waals surface area contributed by atoms with E-state index in [4.69, 9.17) is 0 Å². The number of amides is 2. The third kappa shape index (κ3) is 2.64. The molecule has 0 bridgehead atoms. The second-order valence-corrected chi connectivity index (χ2v) is 6.13. The van der Waals surface area contributed by atoms with Crippen molar-refractivity contribution in [3.05, 3.63) is 0 Å². The lowest BCUT2D eigenvalue weighted by molar-refractivity contribution is -0.305. The lowest BCUT2D eigenvalue weighted by Crippen LogP contribution is -2.72. The maximum atomic E-state index is 12.4. The second-order valence-electron chi connectivity index (χ2n) is 6.13. The number of carbonyl (C=O) groups is 3. The van der Waals surface area contributed by atoms with Crippen LogP contribution in [0, 0.1) is 0 Å². The Balaban J connectivity index is 2.21. The average molecular weight is 281 g/mol. The minimum Gasteiger partial charge on any atom is -0.550 e. The van der Waals surface area contributed by atoms with Crippen LogP contribution in [0.1, 0.15) is 52.4 Å². The number of aliphatic carboxylic acids is 1. The van der Waals surface area contributed by atoms with Crippen molar-refractivity contribution in [2.45, 2.75) is 70.0 Å². The van der Waals surface area contributed by atoms with Crippen LogP contribution in [0.4, 0.5) is 0 Å². The maximum absolute atomic E-state index is 12.4. The normalized spacial score (nSPS) is 28.5. The zero-order valence-electron chi connectivity index (χ0n) is 12.0. The summed E-state index contributed by atoms with van der Waals surface area (Å²) in [6.07, 6.45) is 3.38. The molecule has 0 aromatic rings. The molecule has 6 nitrogen and oxygen atoms in total. The first kappa shape index (κ1) is 14.8. The molecule has 2 fully saturated rings. The summed E-state index contributed by atoms with van der Waals surface area (Å²) in [6.45, 7) is 3.42. The molecule has 1 N–H and O–H groups in total. The van der Waals surface area contributed by atoms with Gasteiger partial charge in [-0.05, 0) is 33.1 Å². The molecule has 2 rings (SSSR count). The van der Waals surface area contributed by atoms with Gasteiger partial charge >= 0.3 is 0 Å². The van der Waals surface area contributed by atoms with E-state index in [1.165, 1.54) is 0 Å². The zero-order valence-corrected chi connectivity index (χ0v) is 12.0. The van der Waals surface area contributed by atoms with Gasteiger partial charge in [-0.2, -0.15) is 0 Å². The fourth-order valence-electron chi connectivity index (χ4n) is 3.28. The Labute approximate surface area is 118 Å². The van der Waals surface area contributed by atoms with Crippen molar-refractivity contribution in [3.63, 3.8) is 0 Å². The monoisotopic (exact) mass is 281 g/mol. The van der Waals surface area contributed by atoms with Crippen molar-refractivity contribution < 1.29 is 19.5 Å². The second kappa shape index (κ2) is 5.42. The van der Waals surface area contributed by atoms with Crippen LogP contribution >= 0.6 is 0 Å². The number of hydrogen-bond donors (Lipinski definition) is 1. The highest BCUT2D eigenvalue weighted by Crippen LogP contribution is 2.33. The van der Waals surface area contributed by atoms with Crippen LogP contribution in [0.25, 0.3) is 0 Å². The highest BCUT2D eigenvalue weighted by atomic mass is 16.4. The number of carbonyl (C=O) groups excluding carboxylic acids is 3. The summed E-state index contributed by atoms with van der Waals surface area (Å²) in [5.41, 5.74) is -0.929. The summed E-state index contributed by atoms with van der Waals surface area (Å²) in [6, 6.07) is -0.0260. The summed E-state index contributed by atoms with van der Waals surface area (Å²) >= 11 is 0. The summed E-state index contributed by atoms with van der Waals surface area (Å²) < 4.78 is 0. The molecular weight excluding hydrogens is 260 g/mol. The van der Waals surface area contributed by atoms with Crippen molar-refractivity contribution >= 4 is 17.8 Å². The molecule has 112 valence electrons. The smallest absolute Gasteiger partial charge is 0.245 e. The number of rotatable bonds is 3. The van der Waals surface area contributed by atoms with Gasteiger partial charge in [0.05, 0.1) is 6.04 Å². The fraction of sp³-hybridized carbons (Fsp3) is 0.786. The first-order valence-electron chi connectivity index (χ1n) is 7.17. The van der Waals surface area contributed by atoms with Crippen molar-refractivity contribution in [3.8, 4) is 0 Å². The van der Waals surface area contributed by atoms with Gasteiger partial charge < -0.3 is 20.1 Å². The molecule has 0 aromatic heterocycles. The Hall–Kier alpha value is -1.59. The highest BCUT2D eigenvalue weighted by Gasteiger charge is 2.49. The van der Waals surface area contributed by atoms with Crippen molar-refractivity contribution in [2.75, 3.05) is 0 Å². The Morgan fingerprint density at radius 1 is 1.30 bits per heavy atom. The molecule has 0 spiro atoms. The van der Waals surface area contributed by atoms with Gasteiger partial charge in [-0.25, -0.2) is 0 Å². The van der Waals surface area contributed by atoms with E-state index in [0.717, 1.165) is 25.7 Å². The predicted molar refractivity (Wildman–Crippen MR) is 69.4 cm³/mol. The minimum atomic E-state index is -1.24. The topological polar surface area (TPSA) is 89.5 Å². The molecule has 2 atom stereocenters. The SMILES string of the molecule is CC1(C)C(=O)N[C@H]2CCCC[C@H]2N1C(=O)CCC(=O)[O-]. The number of fused-ring (bicyclic) bond motifs is 1. The van der Waals surface area contributed by atoms with Gasteiger partial charge in [0.15, 0.2) is 0 Å². The van der Waals surface area contributed by atoms with Crippen LogP contribution in [0.15, 0.2) is 0 Å². The van der Waals surface area contributed by atoms with Crippen LogP contribution in [-0.4, -0.2) is 40.3 Å². The number of piperazine rings is 1. The fourth-order valence-corrected chi connectivity index (χ4v) is 3.28. The molecule has 0 unspecified atom stereocenters. The molecule has 0 aromatic carbocycles. The predicted octanol–water partition coefficient (Wildman–Crippen LogP) is -0.435. The first-order valence-corrected chi connectivity index (χ1v) is 7.17. The molecule has 0 radical (unpaired) electrons. The molecule has 1 saturated heterocycles. The van der Waals surface area contributed by atoms with Crippen LogP contribution in [0.5, 0.6) is 0 Å². The van der Waals surface area contributed by atoms with E-state index in [0.29, 0.717) is 0 Å². The molecule has 1 aliphatic heterocycles. The van der Waals surface area contributed by atoms with Crippen molar-refractivity contribution in [1.82, 2.24) is 10.2 Å². The number of hydrogen-bond acceptors (Lipinski definition) is 4. The zero-order chi connectivity index (χ0) is 14.9. The van der Waals surface area contributed by atoms with Gasteiger partial charge in [0, 0.05) is 18.4 Å². The van der Waals surface area contributed by atoms with Gasteiger partial charge in [0.2, 0.25) is 11.8 Å². The maximum Gasteiger partial charge on any atom is 0.245 e. The molecule has 2 aliphatic rings. The van der Waals surface area contributed by atoms with Gasteiger partial charge in [-0.1, -0.05) is 12.8 Å². The quantitative estimate of drug-likeness (QED) is 0.759. The largest absolute Gasteiger partial charge is 0.550 e. The summed E-state index contributed by atoms with van der Waals surface area (Å²) in [5, 5.41) is 13.5. The van der Waals surface area contributed by atoms with E-state index >= 15 is 0 Å². The Kier molecular flexibility index (Phi) is 4.01. The summed E-state index contributed by atoms with van der Waals surface area (Å²) in [7, 11) is 0. The number of carboxylic acid groups (broad SMARTS) is 1. The van der Waals surface area contributed by atoms with E-state index in [1.54, 1.807) is 18.7 Å². The van der Waals surface area contributed by atoms with Gasteiger partial charge in [0.1, 0.15) is 5.54 Å². The van der Waals surface area contributed by atoms with E-state index in [1.807, 2.05) is 0 Å². The number of nitrogens with zero attached hydrogens (tertiary/aromatic N) is 1. The first-order chi connectivity index (χ1) is 9.34. The Morgan fingerprint density at radius 2 is 1.95 bits per heavy atom. The van der Waals surface area contributed by atoms with Gasteiger partial charge in [-0.15, -0.1) is 0 Å². The van der Waals surface area contributed by atoms with E-state index < -0.39 is 11.5 Å². The van der Waals surface area contributed by atoms with Gasteiger partial charge in [0.25, 0.3) is 0 Å². The summed E-state index contributed by atoms with van der Waals surface area (Å²) in [4.78, 5) is 36.7. The highest BCUT2D eigenvalue weighted by molar-refractivity contribution is 5.93. The van der Waals surface area contributed by atoms with E-state index in [-0.39, 0.29) is 36.7 Å². The molecule has 6 heteroatoms. The Bertz CT molecular complexity index is 433. The van der Waals surface area contributed by atoms with Crippen molar-refractivity contribution in [1.29, 1.82) is 0 Å². The van der Waals surface area contributed by atoms with Crippen LogP contribution in [0.3, 0.4) is 0 Å². The van der Waals surface area contributed by atoms with E-state index in [9.17, 15) is 19.5 Å². The molecule has 2 amide bonds. The molecule has 1 heterocycles. The molecule has 1 saturated carbocycles. The van der Waals surface area contributed by atoms with Crippen LogP contribution < -0.4 is 10.4 Å². The lowest BCUT2D eigenvalue weighted by Gasteiger charge is -2.52. The minimum absolute atomic E-state index is 0.00354. The molecular formula is C14H21N2O4-. The van der Waals surface area contributed by atoms with Crippen LogP contribution in [0.2, 0.25) is 0 Å². The lowest BCUT2D eigenvalue weighted by atomic mass is 9.82. The van der Waals surface area contributed by atoms with Crippen molar-refractivity contribution in [2.24, 2.45) is 0 Å². The molecule has 1 aliphatic carbocycles. The third-order valence-corrected chi connectivity index (χ3v) is 4.35. The molecule has 20 heavy (non-hydrogen) atoms.